The molecular formula is C12H13F3N2S2. The first-order chi connectivity index (χ1) is 8.81. The van der Waals surface area contributed by atoms with Crippen molar-refractivity contribution < 1.29 is 13.2 Å². The molecule has 1 aromatic carbocycles. The van der Waals surface area contributed by atoms with E-state index in [9.17, 15) is 13.2 Å². The quantitative estimate of drug-likeness (QED) is 0.659. The second-order valence-electron chi connectivity index (χ2n) is 4.45. The summed E-state index contributed by atoms with van der Waals surface area (Å²) in [7, 11) is 0. The van der Waals surface area contributed by atoms with Crippen LogP contribution in [0, 0.1) is 0 Å². The normalized spacial score (nSPS) is 17.1. The smallest absolute Gasteiger partial charge is 0.389 e. The number of thioether (sulfide) groups is 1. The molecule has 0 spiro atoms. The van der Waals surface area contributed by atoms with Crippen molar-refractivity contribution in [3.8, 4) is 0 Å². The third-order valence-corrected chi connectivity index (χ3v) is 4.14. The third kappa shape index (κ3) is 2.67. The minimum atomic E-state index is -4.27. The van der Waals surface area contributed by atoms with Gasteiger partial charge in [0.2, 0.25) is 0 Å². The van der Waals surface area contributed by atoms with Gasteiger partial charge < -0.3 is 11.1 Å². The monoisotopic (exact) mass is 306 g/mol. The van der Waals surface area contributed by atoms with Gasteiger partial charge in [0, 0.05) is 16.1 Å². The zero-order valence-electron chi connectivity index (χ0n) is 10.2. The van der Waals surface area contributed by atoms with Crippen molar-refractivity contribution in [3.63, 3.8) is 0 Å². The second-order valence-corrected chi connectivity index (χ2v) is 5.74. The molecule has 7 heteroatoms. The Morgan fingerprint density at radius 2 is 2.05 bits per heavy atom. The van der Waals surface area contributed by atoms with Crippen LogP contribution in [0.25, 0.3) is 0 Å². The Morgan fingerprint density at radius 1 is 1.42 bits per heavy atom. The lowest BCUT2D eigenvalue weighted by molar-refractivity contribution is -0.151. The van der Waals surface area contributed by atoms with Gasteiger partial charge in [0.15, 0.2) is 0 Å². The summed E-state index contributed by atoms with van der Waals surface area (Å²) in [5.74, 6) is 0. The topological polar surface area (TPSA) is 38.0 Å². The van der Waals surface area contributed by atoms with Gasteiger partial charge in [-0.25, -0.2) is 0 Å². The second kappa shape index (κ2) is 4.86. The average Bonchev–Trinajstić information content (AvgIpc) is 3.08. The molecule has 0 atom stereocenters. The Labute approximate surface area is 118 Å². The fraction of sp³-hybridized carbons (Fsp3) is 0.417. The summed E-state index contributed by atoms with van der Waals surface area (Å²) in [6.07, 6.45) is -2.28. The first kappa shape index (κ1) is 14.5. The van der Waals surface area contributed by atoms with Crippen LogP contribution in [0.5, 0.6) is 0 Å². The van der Waals surface area contributed by atoms with Gasteiger partial charge in [-0.05, 0) is 31.2 Å². The molecule has 2 rings (SSSR count). The van der Waals surface area contributed by atoms with E-state index in [0.717, 1.165) is 4.90 Å². The molecule has 1 aliphatic carbocycles. The van der Waals surface area contributed by atoms with Crippen molar-refractivity contribution in [2.75, 3.05) is 11.6 Å². The number of benzene rings is 1. The van der Waals surface area contributed by atoms with Gasteiger partial charge in [-0.1, -0.05) is 18.3 Å². The molecule has 104 valence electrons. The van der Waals surface area contributed by atoms with Crippen LogP contribution in [-0.2, 0) is 0 Å². The summed E-state index contributed by atoms with van der Waals surface area (Å²) in [6, 6.07) is 5.07. The van der Waals surface area contributed by atoms with Crippen LogP contribution in [0.1, 0.15) is 18.4 Å². The lowest BCUT2D eigenvalue weighted by atomic mass is 10.1. The van der Waals surface area contributed by atoms with Gasteiger partial charge in [-0.3, -0.25) is 0 Å². The number of anilines is 1. The van der Waals surface area contributed by atoms with Crippen LogP contribution in [0.4, 0.5) is 18.9 Å². The Bertz CT molecular complexity index is 510. The first-order valence-corrected chi connectivity index (χ1v) is 7.26. The molecule has 19 heavy (non-hydrogen) atoms. The molecule has 1 saturated carbocycles. The lowest BCUT2D eigenvalue weighted by Crippen LogP contribution is -2.39. The number of hydrogen-bond acceptors (Lipinski definition) is 3. The van der Waals surface area contributed by atoms with Gasteiger partial charge in [0.05, 0.1) is 0 Å². The summed E-state index contributed by atoms with van der Waals surface area (Å²) in [4.78, 5) is 0.876. The summed E-state index contributed by atoms with van der Waals surface area (Å²) in [6.45, 7) is 0. The van der Waals surface area contributed by atoms with Crippen LogP contribution in [0.15, 0.2) is 23.1 Å². The maximum atomic E-state index is 13.0. The van der Waals surface area contributed by atoms with Crippen LogP contribution in [0.2, 0.25) is 0 Å². The number of rotatable bonds is 4. The fourth-order valence-corrected chi connectivity index (χ4v) is 2.84. The molecule has 1 fully saturated rings. The summed E-state index contributed by atoms with van der Waals surface area (Å²) < 4.78 is 38.9. The average molecular weight is 306 g/mol. The van der Waals surface area contributed by atoms with E-state index in [4.69, 9.17) is 18.0 Å². The Hall–Kier alpha value is -0.950. The van der Waals surface area contributed by atoms with E-state index in [2.05, 4.69) is 5.32 Å². The molecule has 0 radical (unpaired) electrons. The number of thiocarbonyl (C=S) groups is 1. The molecule has 0 amide bonds. The van der Waals surface area contributed by atoms with Gasteiger partial charge in [-0.2, -0.15) is 13.2 Å². The molecule has 0 bridgehead atoms. The van der Waals surface area contributed by atoms with E-state index >= 15 is 0 Å². The minimum absolute atomic E-state index is 0.0801. The predicted molar refractivity (Wildman–Crippen MR) is 75.8 cm³/mol. The van der Waals surface area contributed by atoms with Crippen molar-refractivity contribution in [1.29, 1.82) is 0 Å². The Morgan fingerprint density at radius 3 is 2.47 bits per heavy atom. The zero-order valence-corrected chi connectivity index (χ0v) is 11.8. The SMILES string of the molecule is CSc1cccc(NC2(C(F)(F)F)CC2)c1C(N)=S. The number of nitrogens with one attached hydrogen (secondary N) is 1. The van der Waals surface area contributed by atoms with Crippen molar-refractivity contribution in [3.05, 3.63) is 23.8 Å². The highest BCUT2D eigenvalue weighted by molar-refractivity contribution is 7.98. The third-order valence-electron chi connectivity index (χ3n) is 3.16. The van der Waals surface area contributed by atoms with E-state index in [1.54, 1.807) is 18.2 Å². The molecule has 0 saturated heterocycles. The van der Waals surface area contributed by atoms with Gasteiger partial charge in [0.25, 0.3) is 0 Å². The van der Waals surface area contributed by atoms with E-state index < -0.39 is 11.7 Å². The number of halogens is 3. The maximum absolute atomic E-state index is 13.0. The zero-order chi connectivity index (χ0) is 14.3. The van der Waals surface area contributed by atoms with Gasteiger partial charge in [-0.15, -0.1) is 11.8 Å². The highest BCUT2D eigenvalue weighted by atomic mass is 32.2. The van der Waals surface area contributed by atoms with Crippen molar-refractivity contribution >= 4 is 34.7 Å². The summed E-state index contributed by atoms with van der Waals surface area (Å²) >= 11 is 6.35. The van der Waals surface area contributed by atoms with Crippen molar-refractivity contribution in [1.82, 2.24) is 0 Å². The molecule has 1 aromatic rings. The molecule has 1 aliphatic rings. The molecular weight excluding hydrogens is 293 g/mol. The van der Waals surface area contributed by atoms with Crippen LogP contribution in [0.3, 0.4) is 0 Å². The van der Waals surface area contributed by atoms with Crippen molar-refractivity contribution in [2.24, 2.45) is 5.73 Å². The number of alkyl halides is 3. The Kier molecular flexibility index (Phi) is 3.70. The van der Waals surface area contributed by atoms with E-state index in [1.807, 2.05) is 6.26 Å². The molecule has 0 aromatic heterocycles. The van der Waals surface area contributed by atoms with E-state index in [0.29, 0.717) is 11.3 Å². The van der Waals surface area contributed by atoms with Crippen molar-refractivity contribution in [2.45, 2.75) is 29.5 Å². The van der Waals surface area contributed by atoms with E-state index in [-0.39, 0.29) is 17.8 Å². The highest BCUT2D eigenvalue weighted by Crippen LogP contribution is 2.51. The lowest BCUT2D eigenvalue weighted by Gasteiger charge is -2.24. The minimum Gasteiger partial charge on any atom is -0.389 e. The highest BCUT2D eigenvalue weighted by Gasteiger charge is 2.63. The Balaban J connectivity index is 2.39. The maximum Gasteiger partial charge on any atom is 0.411 e. The molecule has 2 nitrogen and oxygen atoms in total. The van der Waals surface area contributed by atoms with Crippen LogP contribution in [-0.4, -0.2) is 23.0 Å². The molecule has 0 aliphatic heterocycles. The number of nitrogens with two attached hydrogens (primary N) is 1. The number of hydrogen-bond donors (Lipinski definition) is 2. The molecule has 0 unspecified atom stereocenters. The first-order valence-electron chi connectivity index (χ1n) is 5.62. The summed E-state index contributed by atoms with van der Waals surface area (Å²) in [5.41, 5.74) is 4.66. The van der Waals surface area contributed by atoms with Crippen LogP contribution < -0.4 is 11.1 Å². The van der Waals surface area contributed by atoms with Gasteiger partial charge in [0.1, 0.15) is 10.5 Å². The standard InChI is InChI=1S/C12H13F3N2S2/c1-19-8-4-2-3-7(9(8)10(16)18)17-11(5-6-11)12(13,14)15/h2-4,17H,5-6H2,1H3,(H2,16,18). The fourth-order valence-electron chi connectivity index (χ4n) is 1.92. The van der Waals surface area contributed by atoms with Gasteiger partial charge >= 0.3 is 6.18 Å². The molecule has 0 heterocycles. The predicted octanol–water partition coefficient (Wildman–Crippen LogP) is 3.55. The summed E-state index contributed by atoms with van der Waals surface area (Å²) in [5, 5.41) is 2.59. The van der Waals surface area contributed by atoms with E-state index in [1.165, 1.54) is 11.8 Å². The van der Waals surface area contributed by atoms with Crippen LogP contribution >= 0.6 is 24.0 Å². The largest absolute Gasteiger partial charge is 0.411 e. The molecule has 3 N–H and O–H groups in total.